The number of benzene rings is 1. The van der Waals surface area contributed by atoms with E-state index >= 15 is 0 Å². The summed E-state index contributed by atoms with van der Waals surface area (Å²) < 4.78 is 22.6. The van der Waals surface area contributed by atoms with Crippen LogP contribution < -0.4 is 5.32 Å². The lowest BCUT2D eigenvalue weighted by molar-refractivity contribution is -0.121. The van der Waals surface area contributed by atoms with Crippen molar-refractivity contribution in [1.82, 2.24) is 15.3 Å². The highest BCUT2D eigenvalue weighted by Crippen LogP contribution is 2.18. The Morgan fingerprint density at radius 1 is 1.43 bits per heavy atom. The van der Waals surface area contributed by atoms with E-state index in [1.54, 1.807) is 6.08 Å². The van der Waals surface area contributed by atoms with Gasteiger partial charge in [-0.15, -0.1) is 0 Å². The predicted molar refractivity (Wildman–Crippen MR) is 88.6 cm³/mol. The van der Waals surface area contributed by atoms with Gasteiger partial charge >= 0.3 is 0 Å². The summed E-state index contributed by atoms with van der Waals surface area (Å²) in [4.78, 5) is 19.6. The Morgan fingerprint density at radius 3 is 3.00 bits per heavy atom. The first kappa shape index (κ1) is 15.7. The summed E-state index contributed by atoms with van der Waals surface area (Å²) in [5.74, 6) is 0.510. The van der Waals surface area contributed by atoms with Crippen LogP contribution in [0.2, 0.25) is 0 Å². The van der Waals surface area contributed by atoms with Gasteiger partial charge in [-0.2, -0.15) is 0 Å². The van der Waals surface area contributed by atoms with Gasteiger partial charge in [-0.05, 0) is 24.6 Å². The zero-order valence-corrected chi connectivity index (χ0v) is 13.7. The molecule has 23 heavy (non-hydrogen) atoms. The predicted octanol–water partition coefficient (Wildman–Crippen LogP) is 1.48. The lowest BCUT2D eigenvalue weighted by Gasteiger charge is -2.07. The molecule has 1 atom stereocenters. The molecule has 0 spiro atoms. The third-order valence-corrected chi connectivity index (χ3v) is 5.29. The first-order valence-electron chi connectivity index (χ1n) is 7.54. The van der Waals surface area contributed by atoms with E-state index in [0.29, 0.717) is 13.0 Å². The van der Waals surface area contributed by atoms with Crippen LogP contribution in [0.1, 0.15) is 17.8 Å². The number of H-pyrrole nitrogens is 1. The van der Waals surface area contributed by atoms with Gasteiger partial charge in [0.15, 0.2) is 9.84 Å². The Morgan fingerprint density at radius 2 is 2.26 bits per heavy atom. The lowest BCUT2D eigenvalue weighted by Crippen LogP contribution is -2.28. The van der Waals surface area contributed by atoms with Crippen molar-refractivity contribution >= 4 is 26.8 Å². The average molecular weight is 333 g/mol. The van der Waals surface area contributed by atoms with Crippen LogP contribution in [0.4, 0.5) is 0 Å². The Hall–Kier alpha value is -2.15. The molecule has 1 aromatic heterocycles. The van der Waals surface area contributed by atoms with E-state index in [2.05, 4.69) is 15.3 Å². The molecule has 0 fully saturated rings. The minimum Gasteiger partial charge on any atom is -0.356 e. The summed E-state index contributed by atoms with van der Waals surface area (Å²) in [6.07, 6.45) is 2.41. The van der Waals surface area contributed by atoms with Gasteiger partial charge < -0.3 is 10.3 Å². The number of carbonyl (C=O) groups excluding carboxylic acids is 1. The number of hydrogen-bond donors (Lipinski definition) is 2. The number of hydrogen-bond acceptors (Lipinski definition) is 4. The number of amides is 1. The molecule has 6 nitrogen and oxygen atoms in total. The number of imidazole rings is 1. The minimum atomic E-state index is -3.10. The van der Waals surface area contributed by atoms with Crippen molar-refractivity contribution in [2.24, 2.45) is 5.92 Å². The molecule has 1 aliphatic heterocycles. The van der Waals surface area contributed by atoms with Gasteiger partial charge in [-0.1, -0.05) is 12.1 Å². The topological polar surface area (TPSA) is 91.9 Å². The highest BCUT2D eigenvalue weighted by molar-refractivity contribution is 7.94. The summed E-state index contributed by atoms with van der Waals surface area (Å²) in [6.45, 7) is 2.50. The number of rotatable bonds is 5. The van der Waals surface area contributed by atoms with Gasteiger partial charge in [0.1, 0.15) is 5.82 Å². The van der Waals surface area contributed by atoms with Crippen molar-refractivity contribution in [3.05, 3.63) is 41.1 Å². The standard InChI is InChI=1S/C16H19N3O3S/c1-11-2-3-13-14(8-11)19-15(18-13)4-6-17-16(20)9-12-5-7-23(21,22)10-12/h2-3,5,7-8,12H,4,6,9-10H2,1H3,(H,17,20)(H,18,19)/t12-/m0/s1. The first-order chi connectivity index (χ1) is 10.9. The van der Waals surface area contributed by atoms with Crippen molar-refractivity contribution in [3.8, 4) is 0 Å². The van der Waals surface area contributed by atoms with Crippen LogP contribution in [-0.2, 0) is 21.1 Å². The van der Waals surface area contributed by atoms with Gasteiger partial charge in [0.2, 0.25) is 5.91 Å². The third kappa shape index (κ3) is 3.98. The van der Waals surface area contributed by atoms with E-state index in [0.717, 1.165) is 16.9 Å². The number of allylic oxidation sites excluding steroid dienone is 1. The van der Waals surface area contributed by atoms with Crippen LogP contribution in [0.25, 0.3) is 11.0 Å². The molecule has 1 aliphatic rings. The fourth-order valence-electron chi connectivity index (χ4n) is 2.69. The average Bonchev–Trinajstić information content (AvgIpc) is 3.01. The molecule has 0 unspecified atom stereocenters. The number of nitrogens with one attached hydrogen (secondary N) is 2. The summed E-state index contributed by atoms with van der Waals surface area (Å²) in [5, 5.41) is 4.01. The molecular formula is C16H19N3O3S. The number of carbonyl (C=O) groups is 1. The molecule has 0 saturated heterocycles. The van der Waals surface area contributed by atoms with Crippen molar-refractivity contribution in [1.29, 1.82) is 0 Å². The minimum absolute atomic E-state index is 0.0311. The zero-order valence-electron chi connectivity index (χ0n) is 12.9. The highest BCUT2D eigenvalue weighted by Gasteiger charge is 2.23. The van der Waals surface area contributed by atoms with Gasteiger partial charge in [0, 0.05) is 30.7 Å². The molecule has 1 amide bonds. The molecule has 0 saturated carbocycles. The number of fused-ring (bicyclic) bond motifs is 1. The molecule has 0 radical (unpaired) electrons. The zero-order chi connectivity index (χ0) is 16.4. The second-order valence-electron chi connectivity index (χ2n) is 5.93. The summed E-state index contributed by atoms with van der Waals surface area (Å²) in [6, 6.07) is 6.02. The van der Waals surface area contributed by atoms with E-state index in [1.165, 1.54) is 11.0 Å². The normalized spacial score (nSPS) is 19.3. The maximum Gasteiger partial charge on any atom is 0.220 e. The van der Waals surface area contributed by atoms with Crippen LogP contribution in [-0.4, -0.2) is 36.6 Å². The van der Waals surface area contributed by atoms with Gasteiger partial charge in [-0.3, -0.25) is 4.79 Å². The third-order valence-electron chi connectivity index (χ3n) is 3.82. The molecule has 0 aliphatic carbocycles. The summed E-state index contributed by atoms with van der Waals surface area (Å²) >= 11 is 0. The number of aryl methyl sites for hydroxylation is 1. The molecule has 2 N–H and O–H groups in total. The molecule has 2 aromatic rings. The second-order valence-corrected chi connectivity index (χ2v) is 7.86. The van der Waals surface area contributed by atoms with E-state index < -0.39 is 9.84 Å². The van der Waals surface area contributed by atoms with E-state index in [-0.39, 0.29) is 24.0 Å². The molecule has 1 aromatic carbocycles. The number of sulfone groups is 1. The maximum absolute atomic E-state index is 11.8. The fourth-order valence-corrected chi connectivity index (χ4v) is 4.09. The monoisotopic (exact) mass is 333 g/mol. The summed E-state index contributed by atoms with van der Waals surface area (Å²) in [7, 11) is -3.10. The number of aromatic amines is 1. The van der Waals surface area contributed by atoms with Crippen LogP contribution in [0.5, 0.6) is 0 Å². The van der Waals surface area contributed by atoms with Crippen molar-refractivity contribution in [3.63, 3.8) is 0 Å². The van der Waals surface area contributed by atoms with E-state index in [9.17, 15) is 13.2 Å². The van der Waals surface area contributed by atoms with Crippen molar-refractivity contribution in [2.75, 3.05) is 12.3 Å². The Labute approximate surface area is 134 Å². The molecule has 122 valence electrons. The highest BCUT2D eigenvalue weighted by atomic mass is 32.2. The quantitative estimate of drug-likeness (QED) is 0.867. The maximum atomic E-state index is 11.8. The van der Waals surface area contributed by atoms with Crippen LogP contribution in [0, 0.1) is 12.8 Å². The molecule has 2 heterocycles. The fraction of sp³-hybridized carbons (Fsp3) is 0.375. The molecular weight excluding hydrogens is 314 g/mol. The second kappa shape index (κ2) is 6.16. The molecule has 3 rings (SSSR count). The van der Waals surface area contributed by atoms with Crippen molar-refractivity contribution < 1.29 is 13.2 Å². The molecule has 7 heteroatoms. The van der Waals surface area contributed by atoms with Gasteiger partial charge in [-0.25, -0.2) is 13.4 Å². The van der Waals surface area contributed by atoms with Gasteiger partial charge in [0.25, 0.3) is 0 Å². The summed E-state index contributed by atoms with van der Waals surface area (Å²) in [5.41, 5.74) is 3.08. The Bertz CT molecular complexity index is 868. The molecule has 0 bridgehead atoms. The smallest absolute Gasteiger partial charge is 0.220 e. The van der Waals surface area contributed by atoms with E-state index in [1.807, 2.05) is 25.1 Å². The van der Waals surface area contributed by atoms with Crippen molar-refractivity contribution in [2.45, 2.75) is 19.8 Å². The Kier molecular flexibility index (Phi) is 4.21. The van der Waals surface area contributed by atoms with Crippen LogP contribution >= 0.6 is 0 Å². The first-order valence-corrected chi connectivity index (χ1v) is 9.26. The largest absolute Gasteiger partial charge is 0.356 e. The number of aromatic nitrogens is 2. The van der Waals surface area contributed by atoms with Crippen LogP contribution in [0.3, 0.4) is 0 Å². The number of nitrogens with zero attached hydrogens (tertiary/aromatic N) is 1. The van der Waals surface area contributed by atoms with E-state index in [4.69, 9.17) is 0 Å². The van der Waals surface area contributed by atoms with Crippen LogP contribution in [0.15, 0.2) is 29.7 Å². The van der Waals surface area contributed by atoms with Gasteiger partial charge in [0.05, 0.1) is 16.8 Å². The lowest BCUT2D eigenvalue weighted by atomic mass is 10.1. The SMILES string of the molecule is Cc1ccc2nc(CCNC(=O)C[C@@H]3C=CS(=O)(=O)C3)[nH]c2c1. The Balaban J connectivity index is 1.48.